The first-order valence-corrected chi connectivity index (χ1v) is 14.6. The lowest BCUT2D eigenvalue weighted by Gasteiger charge is -2.30. The standard InChI is InChI=1S/C25H20F3N3O5S3/c26-25(27,28)13-4-1-2-5-14(13)31-21(33)18-17(15-6-3-11-37-15)20-23(38-19(18)22(31)34)30(24(35)39-20)12-16(32)29-7-9-36-10-8-29/h1-6,11,17-19H,7-10,12H2. The van der Waals surface area contributed by atoms with Crippen molar-refractivity contribution in [2.45, 2.75) is 28.9 Å². The number of rotatable bonds is 4. The summed E-state index contributed by atoms with van der Waals surface area (Å²) in [6.45, 7) is 1.35. The molecule has 3 unspecified atom stereocenters. The molecule has 14 heteroatoms. The highest BCUT2D eigenvalue weighted by Gasteiger charge is 2.58. The molecule has 3 aliphatic heterocycles. The van der Waals surface area contributed by atoms with E-state index in [4.69, 9.17) is 4.74 Å². The van der Waals surface area contributed by atoms with Gasteiger partial charge in [-0.3, -0.25) is 23.7 Å². The van der Waals surface area contributed by atoms with Crippen molar-refractivity contribution >= 4 is 57.8 Å². The summed E-state index contributed by atoms with van der Waals surface area (Å²) in [7, 11) is 0. The van der Waals surface area contributed by atoms with Crippen molar-refractivity contribution in [1.82, 2.24) is 9.47 Å². The van der Waals surface area contributed by atoms with Gasteiger partial charge < -0.3 is 9.64 Å². The Hall–Kier alpha value is -2.94. The van der Waals surface area contributed by atoms with Crippen LogP contribution in [-0.2, 0) is 31.8 Å². The highest BCUT2D eigenvalue weighted by atomic mass is 32.2. The Labute approximate surface area is 232 Å². The largest absolute Gasteiger partial charge is 0.418 e. The number of ether oxygens (including phenoxy) is 1. The summed E-state index contributed by atoms with van der Waals surface area (Å²) in [5.74, 6) is -3.50. The van der Waals surface area contributed by atoms with E-state index in [2.05, 4.69) is 0 Å². The van der Waals surface area contributed by atoms with Gasteiger partial charge in [0.05, 0.1) is 35.4 Å². The van der Waals surface area contributed by atoms with E-state index in [-0.39, 0.29) is 12.5 Å². The smallest absolute Gasteiger partial charge is 0.378 e. The fraction of sp³-hybridized carbons (Fsp3) is 0.360. The van der Waals surface area contributed by atoms with Gasteiger partial charge in [0.2, 0.25) is 17.7 Å². The number of para-hydroxylation sites is 1. The van der Waals surface area contributed by atoms with Gasteiger partial charge >= 0.3 is 11.0 Å². The Kier molecular flexibility index (Phi) is 6.68. The predicted octanol–water partition coefficient (Wildman–Crippen LogP) is 3.64. The lowest BCUT2D eigenvalue weighted by molar-refractivity contribution is -0.137. The maximum absolute atomic E-state index is 13.8. The highest BCUT2D eigenvalue weighted by molar-refractivity contribution is 8.00. The summed E-state index contributed by atoms with van der Waals surface area (Å²) in [6.07, 6.45) is -4.77. The van der Waals surface area contributed by atoms with Gasteiger partial charge in [-0.25, -0.2) is 4.90 Å². The van der Waals surface area contributed by atoms with Crippen molar-refractivity contribution in [2.24, 2.45) is 5.92 Å². The van der Waals surface area contributed by atoms with Crippen LogP contribution < -0.4 is 9.77 Å². The number of hydrogen-bond acceptors (Lipinski definition) is 8. The number of hydrogen-bond donors (Lipinski definition) is 0. The molecule has 0 radical (unpaired) electrons. The van der Waals surface area contributed by atoms with Crippen LogP contribution in [0.5, 0.6) is 0 Å². The molecular weight excluding hydrogens is 575 g/mol. The van der Waals surface area contributed by atoms with Crippen molar-refractivity contribution in [1.29, 1.82) is 0 Å². The van der Waals surface area contributed by atoms with Crippen LogP contribution in [0, 0.1) is 5.92 Å². The molecule has 39 heavy (non-hydrogen) atoms. The first-order valence-electron chi connectivity index (χ1n) is 12.0. The number of nitrogens with zero attached hydrogens (tertiary/aromatic N) is 3. The van der Waals surface area contributed by atoms with E-state index in [1.54, 1.807) is 22.4 Å². The summed E-state index contributed by atoms with van der Waals surface area (Å²) < 4.78 is 48.1. The van der Waals surface area contributed by atoms with Crippen molar-refractivity contribution < 1.29 is 32.3 Å². The SMILES string of the molecule is O=C(Cn1c2c(sc1=O)C(c1cccs1)C1C(=O)N(c3ccccc3C(F)(F)F)C(=O)C1S2)N1CCOCC1. The van der Waals surface area contributed by atoms with Crippen molar-refractivity contribution in [3.8, 4) is 0 Å². The number of fused-ring (bicyclic) bond motifs is 2. The summed E-state index contributed by atoms with van der Waals surface area (Å²) in [6, 6.07) is 8.07. The van der Waals surface area contributed by atoms with Crippen LogP contribution >= 0.6 is 34.4 Å². The monoisotopic (exact) mass is 595 g/mol. The summed E-state index contributed by atoms with van der Waals surface area (Å²) in [5.41, 5.74) is -1.59. The van der Waals surface area contributed by atoms with E-state index in [9.17, 15) is 32.3 Å². The molecule has 5 heterocycles. The number of thiazole rings is 1. The van der Waals surface area contributed by atoms with Crippen LogP contribution in [0.2, 0.25) is 0 Å². The molecule has 3 amide bonds. The Bertz CT molecular complexity index is 1510. The Morgan fingerprint density at radius 2 is 1.77 bits per heavy atom. The number of aromatic nitrogens is 1. The van der Waals surface area contributed by atoms with Gasteiger partial charge in [-0.15, -0.1) is 11.3 Å². The molecule has 0 saturated carbocycles. The molecule has 3 aliphatic rings. The number of anilines is 1. The number of imide groups is 1. The van der Waals surface area contributed by atoms with Crippen LogP contribution in [0.3, 0.4) is 0 Å². The molecule has 2 saturated heterocycles. The number of thiophene rings is 1. The Morgan fingerprint density at radius 1 is 1.03 bits per heavy atom. The molecule has 1 aromatic carbocycles. The minimum absolute atomic E-state index is 0.241. The van der Waals surface area contributed by atoms with Gasteiger partial charge in [-0.2, -0.15) is 13.2 Å². The van der Waals surface area contributed by atoms with E-state index in [0.717, 1.165) is 35.2 Å². The third-order valence-electron chi connectivity index (χ3n) is 7.01. The molecule has 3 aromatic rings. The van der Waals surface area contributed by atoms with E-state index < -0.39 is 51.2 Å². The number of carbonyl (C=O) groups is 3. The lowest BCUT2D eigenvalue weighted by Crippen LogP contribution is -2.43. The molecule has 204 valence electrons. The molecular formula is C25H20F3N3O5S3. The topological polar surface area (TPSA) is 88.9 Å². The first-order chi connectivity index (χ1) is 18.7. The van der Waals surface area contributed by atoms with Crippen LogP contribution in [-0.4, -0.2) is 58.7 Å². The van der Waals surface area contributed by atoms with E-state index in [0.29, 0.717) is 46.0 Å². The van der Waals surface area contributed by atoms with Gasteiger partial charge in [0.25, 0.3) is 0 Å². The van der Waals surface area contributed by atoms with Crippen LogP contribution in [0.1, 0.15) is 21.2 Å². The number of morpholine rings is 1. The van der Waals surface area contributed by atoms with Crippen LogP contribution in [0.4, 0.5) is 18.9 Å². The van der Waals surface area contributed by atoms with E-state index in [1.165, 1.54) is 28.0 Å². The third-order valence-corrected chi connectivity index (χ3v) is 10.6. The minimum Gasteiger partial charge on any atom is -0.378 e. The second-order valence-corrected chi connectivity index (χ2v) is 12.3. The molecule has 6 rings (SSSR count). The quantitative estimate of drug-likeness (QED) is 0.428. The highest BCUT2D eigenvalue weighted by Crippen LogP contribution is 2.55. The lowest BCUT2D eigenvalue weighted by atomic mass is 9.87. The number of halogens is 3. The normalized spacial score (nSPS) is 23.2. The van der Waals surface area contributed by atoms with Crippen molar-refractivity contribution in [3.05, 3.63) is 66.8 Å². The number of carbonyl (C=O) groups excluding carboxylic acids is 3. The molecule has 2 fully saturated rings. The number of amides is 3. The minimum atomic E-state index is -4.77. The van der Waals surface area contributed by atoms with Gasteiger partial charge in [-0.05, 0) is 23.6 Å². The van der Waals surface area contributed by atoms with Crippen LogP contribution in [0.15, 0.2) is 51.6 Å². The van der Waals surface area contributed by atoms with Gasteiger partial charge in [-0.1, -0.05) is 41.3 Å². The number of thioether (sulfide) groups is 1. The zero-order valence-electron chi connectivity index (χ0n) is 20.1. The van der Waals surface area contributed by atoms with Gasteiger partial charge in [0.1, 0.15) is 11.8 Å². The summed E-state index contributed by atoms with van der Waals surface area (Å²) in [5, 5.41) is 1.14. The molecule has 0 spiro atoms. The van der Waals surface area contributed by atoms with Crippen molar-refractivity contribution in [3.63, 3.8) is 0 Å². The van der Waals surface area contributed by atoms with Crippen LogP contribution in [0.25, 0.3) is 0 Å². The molecule has 0 aliphatic carbocycles. The zero-order valence-corrected chi connectivity index (χ0v) is 22.5. The van der Waals surface area contributed by atoms with E-state index >= 15 is 0 Å². The average molecular weight is 596 g/mol. The zero-order chi connectivity index (χ0) is 27.5. The molecule has 2 aromatic heterocycles. The number of alkyl halides is 3. The second kappa shape index (κ2) is 9.91. The van der Waals surface area contributed by atoms with Gasteiger partial charge in [0.15, 0.2) is 0 Å². The second-order valence-electron chi connectivity index (χ2n) is 9.20. The van der Waals surface area contributed by atoms with E-state index in [1.807, 2.05) is 0 Å². The Morgan fingerprint density at radius 3 is 2.46 bits per heavy atom. The maximum atomic E-state index is 13.8. The summed E-state index contributed by atoms with van der Waals surface area (Å²) in [4.78, 5) is 56.7. The predicted molar refractivity (Wildman–Crippen MR) is 139 cm³/mol. The first kappa shape index (κ1) is 26.3. The Balaban J connectivity index is 1.43. The molecule has 0 bridgehead atoms. The molecule has 3 atom stereocenters. The average Bonchev–Trinajstić information content (AvgIpc) is 3.61. The molecule has 0 N–H and O–H groups in total. The molecule has 8 nitrogen and oxygen atoms in total. The third kappa shape index (κ3) is 4.42. The van der Waals surface area contributed by atoms with Crippen molar-refractivity contribution in [2.75, 3.05) is 31.2 Å². The fourth-order valence-corrected chi connectivity index (χ4v) is 8.95. The fourth-order valence-electron chi connectivity index (χ4n) is 5.22. The summed E-state index contributed by atoms with van der Waals surface area (Å²) >= 11 is 3.22. The number of benzene rings is 1. The maximum Gasteiger partial charge on any atom is 0.418 e. The van der Waals surface area contributed by atoms with Gasteiger partial charge in [0, 0.05) is 28.8 Å².